The van der Waals surface area contributed by atoms with Gasteiger partial charge in [-0.1, -0.05) is 19.3 Å². The lowest BCUT2D eigenvalue weighted by Gasteiger charge is -2.58. The molecule has 19 heavy (non-hydrogen) atoms. The van der Waals surface area contributed by atoms with Crippen molar-refractivity contribution < 1.29 is 0 Å². The van der Waals surface area contributed by atoms with E-state index in [4.69, 9.17) is 5.73 Å². The Hall–Kier alpha value is -0.0400. The average molecular weight is 261 g/mol. The first kappa shape index (κ1) is 12.7. The van der Waals surface area contributed by atoms with Crippen LogP contribution in [0.4, 0.5) is 0 Å². The second-order valence-electron chi connectivity index (χ2n) is 8.68. The predicted molar refractivity (Wildman–Crippen MR) is 79.8 cm³/mol. The molecule has 0 aromatic heterocycles. The molecule has 5 aliphatic carbocycles. The molecule has 5 aliphatic rings. The van der Waals surface area contributed by atoms with Crippen LogP contribution in [0, 0.1) is 29.1 Å². The van der Waals surface area contributed by atoms with E-state index in [1.165, 1.54) is 38.5 Å². The highest BCUT2D eigenvalue weighted by Crippen LogP contribution is 2.61. The normalized spacial score (nSPS) is 47.5. The maximum Gasteiger partial charge on any atom is 0.00724 e. The zero-order chi connectivity index (χ0) is 12.9. The first-order valence-corrected chi connectivity index (χ1v) is 8.98. The molecule has 2 N–H and O–H groups in total. The van der Waals surface area contributed by atoms with Crippen molar-refractivity contribution in [1.82, 2.24) is 0 Å². The topological polar surface area (TPSA) is 26.0 Å². The third-order valence-electron chi connectivity index (χ3n) is 7.09. The lowest BCUT2D eigenvalue weighted by Crippen LogP contribution is -2.49. The average Bonchev–Trinajstić information content (AvgIpc) is 2.37. The number of rotatable bonds is 3. The Bertz CT molecular complexity index is 293. The predicted octanol–water partition coefficient (Wildman–Crippen LogP) is 4.50. The van der Waals surface area contributed by atoms with Crippen LogP contribution in [0.3, 0.4) is 0 Å². The quantitative estimate of drug-likeness (QED) is 0.795. The van der Waals surface area contributed by atoms with Crippen LogP contribution < -0.4 is 5.73 Å². The standard InChI is InChI=1S/C18H31N/c19-17(16-4-2-1-3-5-16)12-18-9-13-6-14(10-18)8-15(7-13)11-18/h13-17H,1-12,19H2. The zero-order valence-corrected chi connectivity index (χ0v) is 12.4. The third-order valence-corrected chi connectivity index (χ3v) is 7.09. The second kappa shape index (κ2) is 4.76. The summed E-state index contributed by atoms with van der Waals surface area (Å²) in [4.78, 5) is 0. The summed E-state index contributed by atoms with van der Waals surface area (Å²) in [5, 5.41) is 0. The largest absolute Gasteiger partial charge is 0.327 e. The maximum absolute atomic E-state index is 6.67. The molecular weight excluding hydrogens is 230 g/mol. The lowest BCUT2D eigenvalue weighted by atomic mass is 9.48. The van der Waals surface area contributed by atoms with Crippen molar-refractivity contribution in [2.24, 2.45) is 34.8 Å². The van der Waals surface area contributed by atoms with E-state index in [0.717, 1.165) is 23.7 Å². The van der Waals surface area contributed by atoms with E-state index >= 15 is 0 Å². The zero-order valence-electron chi connectivity index (χ0n) is 12.4. The number of hydrogen-bond donors (Lipinski definition) is 1. The molecule has 1 nitrogen and oxygen atoms in total. The molecular formula is C18H31N. The fraction of sp³-hybridized carbons (Fsp3) is 1.00. The van der Waals surface area contributed by atoms with E-state index in [9.17, 15) is 0 Å². The first-order valence-electron chi connectivity index (χ1n) is 8.98. The summed E-state index contributed by atoms with van der Waals surface area (Å²) in [5.41, 5.74) is 7.37. The fourth-order valence-electron chi connectivity index (χ4n) is 6.77. The second-order valence-corrected chi connectivity index (χ2v) is 8.68. The van der Waals surface area contributed by atoms with E-state index in [2.05, 4.69) is 0 Å². The van der Waals surface area contributed by atoms with Crippen molar-refractivity contribution >= 4 is 0 Å². The molecule has 0 radical (unpaired) electrons. The van der Waals surface area contributed by atoms with Crippen molar-refractivity contribution in [2.75, 3.05) is 0 Å². The van der Waals surface area contributed by atoms with E-state index in [-0.39, 0.29) is 0 Å². The molecule has 0 heterocycles. The molecule has 0 aromatic carbocycles. The van der Waals surface area contributed by atoms with Crippen LogP contribution >= 0.6 is 0 Å². The molecule has 1 atom stereocenters. The summed E-state index contributed by atoms with van der Waals surface area (Å²) >= 11 is 0. The van der Waals surface area contributed by atoms with Gasteiger partial charge >= 0.3 is 0 Å². The molecule has 0 saturated heterocycles. The Kier molecular flexibility index (Phi) is 3.17. The molecule has 5 saturated carbocycles. The van der Waals surface area contributed by atoms with Crippen LogP contribution in [0.25, 0.3) is 0 Å². The smallest absolute Gasteiger partial charge is 0.00724 e. The lowest BCUT2D eigenvalue weighted by molar-refractivity contribution is -0.0635. The van der Waals surface area contributed by atoms with Gasteiger partial charge in [0.25, 0.3) is 0 Å². The Balaban J connectivity index is 1.44. The minimum absolute atomic E-state index is 0.525. The maximum atomic E-state index is 6.67. The molecule has 108 valence electrons. The molecule has 1 unspecified atom stereocenters. The van der Waals surface area contributed by atoms with Crippen LogP contribution in [0.15, 0.2) is 0 Å². The minimum Gasteiger partial charge on any atom is -0.327 e. The number of hydrogen-bond acceptors (Lipinski definition) is 1. The van der Waals surface area contributed by atoms with E-state index in [1.807, 2.05) is 0 Å². The van der Waals surface area contributed by atoms with Gasteiger partial charge in [0, 0.05) is 6.04 Å². The van der Waals surface area contributed by atoms with Crippen LogP contribution in [0.5, 0.6) is 0 Å². The van der Waals surface area contributed by atoms with Crippen LogP contribution in [-0.2, 0) is 0 Å². The summed E-state index contributed by atoms with van der Waals surface area (Å²) < 4.78 is 0. The van der Waals surface area contributed by atoms with E-state index < -0.39 is 0 Å². The van der Waals surface area contributed by atoms with Gasteiger partial charge in [0.2, 0.25) is 0 Å². The van der Waals surface area contributed by atoms with Gasteiger partial charge in [0.05, 0.1) is 0 Å². The minimum atomic E-state index is 0.525. The molecule has 0 aliphatic heterocycles. The molecule has 0 amide bonds. The van der Waals surface area contributed by atoms with Gasteiger partial charge in [-0.2, -0.15) is 0 Å². The highest BCUT2D eigenvalue weighted by molar-refractivity contribution is 5.02. The SMILES string of the molecule is NC(CC12CC3CC(CC(C3)C1)C2)C1CCCCC1. The summed E-state index contributed by atoms with van der Waals surface area (Å²) in [6.45, 7) is 0. The third kappa shape index (κ3) is 2.37. The van der Waals surface area contributed by atoms with Gasteiger partial charge in [0.15, 0.2) is 0 Å². The van der Waals surface area contributed by atoms with Crippen molar-refractivity contribution in [3.05, 3.63) is 0 Å². The van der Waals surface area contributed by atoms with E-state index in [1.54, 1.807) is 38.5 Å². The summed E-state index contributed by atoms with van der Waals surface area (Å²) in [6.07, 6.45) is 17.9. The van der Waals surface area contributed by atoms with Gasteiger partial charge in [-0.15, -0.1) is 0 Å². The van der Waals surface area contributed by atoms with Gasteiger partial charge < -0.3 is 5.73 Å². The summed E-state index contributed by atoms with van der Waals surface area (Å²) in [7, 11) is 0. The molecule has 5 fully saturated rings. The van der Waals surface area contributed by atoms with Gasteiger partial charge in [-0.05, 0) is 86.9 Å². The number of nitrogens with two attached hydrogens (primary N) is 1. The Morgan fingerprint density at radius 2 is 1.37 bits per heavy atom. The highest BCUT2D eigenvalue weighted by atomic mass is 14.7. The monoisotopic (exact) mass is 261 g/mol. The molecule has 4 bridgehead atoms. The van der Waals surface area contributed by atoms with Crippen LogP contribution in [0.2, 0.25) is 0 Å². The van der Waals surface area contributed by atoms with Crippen molar-refractivity contribution in [2.45, 2.75) is 83.1 Å². The molecule has 0 aromatic rings. The summed E-state index contributed by atoms with van der Waals surface area (Å²) in [5.74, 6) is 4.13. The molecule has 1 heteroatoms. The first-order chi connectivity index (χ1) is 9.22. The van der Waals surface area contributed by atoms with Crippen molar-refractivity contribution in [3.8, 4) is 0 Å². The summed E-state index contributed by atoms with van der Waals surface area (Å²) in [6, 6.07) is 0.525. The Labute approximate surface area is 118 Å². The molecule has 0 spiro atoms. The Morgan fingerprint density at radius 3 is 1.89 bits per heavy atom. The highest BCUT2D eigenvalue weighted by Gasteiger charge is 2.51. The van der Waals surface area contributed by atoms with Crippen LogP contribution in [0.1, 0.15) is 77.0 Å². The Morgan fingerprint density at radius 1 is 0.842 bits per heavy atom. The fourth-order valence-corrected chi connectivity index (χ4v) is 6.77. The van der Waals surface area contributed by atoms with Gasteiger partial charge in [0.1, 0.15) is 0 Å². The van der Waals surface area contributed by atoms with E-state index in [0.29, 0.717) is 11.5 Å². The van der Waals surface area contributed by atoms with Crippen molar-refractivity contribution in [3.63, 3.8) is 0 Å². The van der Waals surface area contributed by atoms with Crippen LogP contribution in [-0.4, -0.2) is 6.04 Å². The van der Waals surface area contributed by atoms with Gasteiger partial charge in [-0.3, -0.25) is 0 Å². The van der Waals surface area contributed by atoms with Gasteiger partial charge in [-0.25, -0.2) is 0 Å². The molecule has 5 rings (SSSR count). The van der Waals surface area contributed by atoms with Crippen molar-refractivity contribution in [1.29, 1.82) is 0 Å².